The SMILES string of the molecule is CCN1CCN(C(C)C(N)=S)CC1. The second-order valence-corrected chi connectivity index (χ2v) is 4.02. The molecule has 0 aromatic carbocycles. The van der Waals surface area contributed by atoms with Crippen molar-refractivity contribution in [3.8, 4) is 0 Å². The molecule has 1 atom stereocenters. The van der Waals surface area contributed by atoms with Crippen LogP contribution in [0.5, 0.6) is 0 Å². The smallest absolute Gasteiger partial charge is 0.0899 e. The molecule has 76 valence electrons. The van der Waals surface area contributed by atoms with Gasteiger partial charge >= 0.3 is 0 Å². The Balaban J connectivity index is 2.36. The van der Waals surface area contributed by atoms with Gasteiger partial charge in [-0.1, -0.05) is 19.1 Å². The number of hydrogen-bond donors (Lipinski definition) is 1. The van der Waals surface area contributed by atoms with E-state index in [-0.39, 0.29) is 6.04 Å². The van der Waals surface area contributed by atoms with Gasteiger partial charge in [0.25, 0.3) is 0 Å². The van der Waals surface area contributed by atoms with Crippen molar-refractivity contribution < 1.29 is 0 Å². The van der Waals surface area contributed by atoms with Crippen molar-refractivity contribution in [3.63, 3.8) is 0 Å². The largest absolute Gasteiger partial charge is 0.392 e. The van der Waals surface area contributed by atoms with Gasteiger partial charge in [-0.05, 0) is 13.5 Å². The second-order valence-electron chi connectivity index (χ2n) is 3.55. The summed E-state index contributed by atoms with van der Waals surface area (Å²) >= 11 is 4.98. The van der Waals surface area contributed by atoms with Crippen molar-refractivity contribution in [3.05, 3.63) is 0 Å². The van der Waals surface area contributed by atoms with Gasteiger partial charge in [0.15, 0.2) is 0 Å². The molecule has 0 spiro atoms. The average Bonchev–Trinajstić information content (AvgIpc) is 2.17. The lowest BCUT2D eigenvalue weighted by molar-refractivity contribution is 0.127. The third kappa shape index (κ3) is 2.90. The molecule has 1 heterocycles. The molecule has 1 unspecified atom stereocenters. The third-order valence-corrected chi connectivity index (χ3v) is 3.15. The van der Waals surface area contributed by atoms with E-state index in [1.165, 1.54) is 0 Å². The van der Waals surface area contributed by atoms with Gasteiger partial charge < -0.3 is 10.6 Å². The summed E-state index contributed by atoms with van der Waals surface area (Å²) in [6.07, 6.45) is 0. The lowest BCUT2D eigenvalue weighted by atomic mass is 10.2. The first-order valence-corrected chi connectivity index (χ1v) is 5.31. The van der Waals surface area contributed by atoms with E-state index >= 15 is 0 Å². The fourth-order valence-electron chi connectivity index (χ4n) is 1.65. The minimum atomic E-state index is 0.258. The van der Waals surface area contributed by atoms with Crippen LogP contribution in [0.25, 0.3) is 0 Å². The summed E-state index contributed by atoms with van der Waals surface area (Å²) in [5.74, 6) is 0. The molecule has 0 bridgehead atoms. The highest BCUT2D eigenvalue weighted by Gasteiger charge is 2.21. The van der Waals surface area contributed by atoms with Crippen LogP contribution in [-0.2, 0) is 0 Å². The maximum absolute atomic E-state index is 5.61. The standard InChI is InChI=1S/C9H19N3S/c1-3-11-4-6-12(7-5-11)8(2)9(10)13/h8H,3-7H2,1-2H3,(H2,10,13). The van der Waals surface area contributed by atoms with Crippen molar-refractivity contribution in [2.45, 2.75) is 19.9 Å². The molecule has 3 nitrogen and oxygen atoms in total. The van der Waals surface area contributed by atoms with Crippen LogP contribution in [0.1, 0.15) is 13.8 Å². The summed E-state index contributed by atoms with van der Waals surface area (Å²) in [5.41, 5.74) is 5.61. The van der Waals surface area contributed by atoms with Gasteiger partial charge in [0.1, 0.15) is 0 Å². The van der Waals surface area contributed by atoms with Crippen molar-refractivity contribution in [1.82, 2.24) is 9.80 Å². The first kappa shape index (κ1) is 10.9. The summed E-state index contributed by atoms with van der Waals surface area (Å²) in [5, 5.41) is 0. The van der Waals surface area contributed by atoms with Crippen LogP contribution in [0.2, 0.25) is 0 Å². The first-order chi connectivity index (χ1) is 6.15. The Morgan fingerprint density at radius 1 is 1.38 bits per heavy atom. The molecule has 2 N–H and O–H groups in total. The number of rotatable bonds is 3. The summed E-state index contributed by atoms with van der Waals surface area (Å²) in [4.78, 5) is 5.42. The Hall–Kier alpha value is -0.190. The molecule has 1 saturated heterocycles. The molecule has 4 heteroatoms. The van der Waals surface area contributed by atoms with Crippen molar-refractivity contribution in [2.75, 3.05) is 32.7 Å². The van der Waals surface area contributed by atoms with Crippen LogP contribution in [-0.4, -0.2) is 53.6 Å². The van der Waals surface area contributed by atoms with Crippen LogP contribution >= 0.6 is 12.2 Å². The first-order valence-electron chi connectivity index (χ1n) is 4.91. The normalized spacial score (nSPS) is 22.9. The van der Waals surface area contributed by atoms with Gasteiger partial charge in [0.2, 0.25) is 0 Å². The number of piperazine rings is 1. The Kier molecular flexibility index (Phi) is 4.09. The highest BCUT2D eigenvalue weighted by atomic mass is 32.1. The second kappa shape index (κ2) is 4.88. The highest BCUT2D eigenvalue weighted by Crippen LogP contribution is 2.05. The molecule has 1 fully saturated rings. The van der Waals surface area contributed by atoms with Crippen molar-refractivity contribution in [2.24, 2.45) is 5.73 Å². The molecule has 1 rings (SSSR count). The lowest BCUT2D eigenvalue weighted by Crippen LogP contribution is -2.52. The van der Waals surface area contributed by atoms with E-state index < -0.39 is 0 Å². The summed E-state index contributed by atoms with van der Waals surface area (Å²) in [6.45, 7) is 9.90. The molecule has 1 aliphatic rings. The van der Waals surface area contributed by atoms with Crippen LogP contribution in [0, 0.1) is 0 Å². The quantitative estimate of drug-likeness (QED) is 0.666. The molecule has 1 aliphatic heterocycles. The predicted octanol–water partition coefficient (Wildman–Crippen LogP) is 0.298. The topological polar surface area (TPSA) is 32.5 Å². The molecule has 0 radical (unpaired) electrons. The number of thiocarbonyl (C=S) groups is 1. The Bertz CT molecular complexity index is 176. The zero-order valence-corrected chi connectivity index (χ0v) is 9.31. The number of nitrogens with two attached hydrogens (primary N) is 1. The van der Waals surface area contributed by atoms with Crippen molar-refractivity contribution in [1.29, 1.82) is 0 Å². The maximum atomic E-state index is 5.61. The Morgan fingerprint density at radius 2 is 1.92 bits per heavy atom. The van der Waals surface area contributed by atoms with Crippen LogP contribution < -0.4 is 5.73 Å². The Morgan fingerprint density at radius 3 is 2.31 bits per heavy atom. The van der Waals surface area contributed by atoms with Gasteiger partial charge in [-0.25, -0.2) is 0 Å². The summed E-state index contributed by atoms with van der Waals surface area (Å²) in [7, 11) is 0. The molecule has 0 aromatic rings. The Labute approximate surface area is 85.9 Å². The summed E-state index contributed by atoms with van der Waals surface area (Å²) < 4.78 is 0. The van der Waals surface area contributed by atoms with Gasteiger partial charge in [-0.3, -0.25) is 4.90 Å². The zero-order chi connectivity index (χ0) is 9.84. The molecule has 0 aliphatic carbocycles. The predicted molar refractivity (Wildman–Crippen MR) is 59.9 cm³/mol. The van der Waals surface area contributed by atoms with Crippen LogP contribution in [0.15, 0.2) is 0 Å². The summed E-state index contributed by atoms with van der Waals surface area (Å²) in [6, 6.07) is 0.258. The molecular weight excluding hydrogens is 182 g/mol. The van der Waals surface area contributed by atoms with Gasteiger partial charge in [0, 0.05) is 26.2 Å². The molecule has 13 heavy (non-hydrogen) atoms. The number of hydrogen-bond acceptors (Lipinski definition) is 3. The average molecular weight is 201 g/mol. The third-order valence-electron chi connectivity index (χ3n) is 2.81. The highest BCUT2D eigenvalue weighted by molar-refractivity contribution is 7.80. The van der Waals surface area contributed by atoms with E-state index in [1.807, 2.05) is 0 Å². The molecule has 0 saturated carbocycles. The van der Waals surface area contributed by atoms with Gasteiger partial charge in [-0.15, -0.1) is 0 Å². The van der Waals surface area contributed by atoms with E-state index in [0.29, 0.717) is 4.99 Å². The van der Waals surface area contributed by atoms with Crippen LogP contribution in [0.3, 0.4) is 0 Å². The van der Waals surface area contributed by atoms with E-state index in [2.05, 4.69) is 23.6 Å². The lowest BCUT2D eigenvalue weighted by Gasteiger charge is -2.37. The van der Waals surface area contributed by atoms with E-state index in [4.69, 9.17) is 18.0 Å². The molecule has 0 amide bonds. The van der Waals surface area contributed by atoms with Crippen molar-refractivity contribution >= 4 is 17.2 Å². The fourth-order valence-corrected chi connectivity index (χ4v) is 1.80. The fraction of sp³-hybridized carbons (Fsp3) is 0.889. The van der Waals surface area contributed by atoms with Gasteiger partial charge in [-0.2, -0.15) is 0 Å². The minimum absolute atomic E-state index is 0.258. The maximum Gasteiger partial charge on any atom is 0.0899 e. The van der Waals surface area contributed by atoms with E-state index in [9.17, 15) is 0 Å². The number of likely N-dealkylation sites (N-methyl/N-ethyl adjacent to an activating group) is 1. The number of nitrogens with zero attached hydrogens (tertiary/aromatic N) is 2. The molecule has 0 aromatic heterocycles. The van der Waals surface area contributed by atoms with E-state index in [1.54, 1.807) is 0 Å². The van der Waals surface area contributed by atoms with Gasteiger partial charge in [0.05, 0.1) is 11.0 Å². The monoisotopic (exact) mass is 201 g/mol. The van der Waals surface area contributed by atoms with E-state index in [0.717, 1.165) is 32.7 Å². The van der Waals surface area contributed by atoms with Crippen LogP contribution in [0.4, 0.5) is 0 Å². The molecular formula is C9H19N3S. The zero-order valence-electron chi connectivity index (χ0n) is 8.49. The minimum Gasteiger partial charge on any atom is -0.392 e.